The third kappa shape index (κ3) is 4.07. The molecule has 1 aromatic carbocycles. The first-order valence-corrected chi connectivity index (χ1v) is 8.27. The molecule has 0 unspecified atom stereocenters. The molecule has 2 heterocycles. The van der Waals surface area contributed by atoms with E-state index in [9.17, 15) is 4.79 Å². The van der Waals surface area contributed by atoms with Crippen molar-refractivity contribution in [3.8, 4) is 5.69 Å². The van der Waals surface area contributed by atoms with Gasteiger partial charge in [0.25, 0.3) is 0 Å². The standard InChI is InChI=1S/C17H19ClN4O3/c1-12-14(16(18)21-22(12)13-6-4-3-5-7-13)11-19-20-15(23)10-17(2)24-8-9-25-17/h3-7,11H,8-10H2,1-2H3,(H,20,23)/b19-11-. The van der Waals surface area contributed by atoms with Gasteiger partial charge in [-0.3, -0.25) is 4.79 Å². The molecule has 1 saturated heterocycles. The number of halogens is 1. The van der Waals surface area contributed by atoms with Crippen LogP contribution in [0.4, 0.5) is 0 Å². The molecule has 0 radical (unpaired) electrons. The van der Waals surface area contributed by atoms with Gasteiger partial charge in [-0.25, -0.2) is 10.1 Å². The van der Waals surface area contributed by atoms with Crippen LogP contribution in [0, 0.1) is 6.92 Å². The van der Waals surface area contributed by atoms with Gasteiger partial charge >= 0.3 is 0 Å². The molecule has 1 fully saturated rings. The summed E-state index contributed by atoms with van der Waals surface area (Å²) in [4.78, 5) is 12.0. The molecule has 132 valence electrons. The number of para-hydroxylation sites is 1. The molecule has 1 aliphatic heterocycles. The van der Waals surface area contributed by atoms with Gasteiger partial charge in [0.1, 0.15) is 0 Å². The molecule has 8 heteroatoms. The summed E-state index contributed by atoms with van der Waals surface area (Å²) in [5.74, 6) is -1.18. The lowest BCUT2D eigenvalue weighted by Gasteiger charge is -2.20. The summed E-state index contributed by atoms with van der Waals surface area (Å²) >= 11 is 6.20. The molecule has 1 aromatic heterocycles. The highest BCUT2D eigenvalue weighted by Gasteiger charge is 2.33. The van der Waals surface area contributed by atoms with E-state index in [2.05, 4.69) is 15.6 Å². The van der Waals surface area contributed by atoms with Gasteiger partial charge in [0, 0.05) is 0 Å². The Morgan fingerprint density at radius 2 is 2.08 bits per heavy atom. The van der Waals surface area contributed by atoms with Crippen molar-refractivity contribution in [1.82, 2.24) is 15.2 Å². The number of rotatable bonds is 5. The predicted molar refractivity (Wildman–Crippen MR) is 94.0 cm³/mol. The Hall–Kier alpha value is -2.22. The van der Waals surface area contributed by atoms with Gasteiger partial charge in [-0.2, -0.15) is 10.2 Å². The molecule has 0 spiro atoms. The first-order chi connectivity index (χ1) is 12.0. The molecule has 2 aromatic rings. The van der Waals surface area contributed by atoms with Gasteiger partial charge in [0.2, 0.25) is 5.91 Å². The number of nitrogens with zero attached hydrogens (tertiary/aromatic N) is 3. The van der Waals surface area contributed by atoms with Crippen molar-refractivity contribution < 1.29 is 14.3 Å². The maximum Gasteiger partial charge on any atom is 0.245 e. The van der Waals surface area contributed by atoms with E-state index in [4.69, 9.17) is 21.1 Å². The molecule has 25 heavy (non-hydrogen) atoms. The highest BCUT2D eigenvalue weighted by atomic mass is 35.5. The monoisotopic (exact) mass is 362 g/mol. The minimum Gasteiger partial charge on any atom is -0.347 e. The normalized spacial score (nSPS) is 16.4. The first kappa shape index (κ1) is 17.6. The average Bonchev–Trinajstić information content (AvgIpc) is 3.13. The maximum atomic E-state index is 12.0. The number of nitrogens with one attached hydrogen (secondary N) is 1. The number of hydrogen-bond acceptors (Lipinski definition) is 5. The quantitative estimate of drug-likeness (QED) is 0.654. The maximum absolute atomic E-state index is 12.0. The summed E-state index contributed by atoms with van der Waals surface area (Å²) in [5, 5.41) is 8.59. The first-order valence-electron chi connectivity index (χ1n) is 7.89. The minimum absolute atomic E-state index is 0.0698. The van der Waals surface area contributed by atoms with E-state index in [1.54, 1.807) is 11.6 Å². The number of carbonyl (C=O) groups is 1. The van der Waals surface area contributed by atoms with Crippen LogP contribution in [0.5, 0.6) is 0 Å². The lowest BCUT2D eigenvalue weighted by atomic mass is 10.2. The fourth-order valence-corrected chi connectivity index (χ4v) is 2.87. The molecule has 1 amide bonds. The van der Waals surface area contributed by atoms with Gasteiger partial charge in [-0.05, 0) is 26.0 Å². The van der Waals surface area contributed by atoms with E-state index in [1.807, 2.05) is 37.3 Å². The SMILES string of the molecule is Cc1c(/C=N\NC(=O)CC2(C)OCCO2)c(Cl)nn1-c1ccccc1. The van der Waals surface area contributed by atoms with E-state index in [-0.39, 0.29) is 12.3 Å². The number of ether oxygens (including phenoxy) is 2. The minimum atomic E-state index is -0.884. The lowest BCUT2D eigenvalue weighted by Crippen LogP contribution is -2.33. The number of benzene rings is 1. The lowest BCUT2D eigenvalue weighted by molar-refractivity contribution is -0.159. The summed E-state index contributed by atoms with van der Waals surface area (Å²) in [6, 6.07) is 9.64. The molecule has 3 rings (SSSR count). The van der Waals surface area contributed by atoms with Crippen LogP contribution in [0.25, 0.3) is 5.69 Å². The van der Waals surface area contributed by atoms with Crippen molar-refractivity contribution in [3.63, 3.8) is 0 Å². The van der Waals surface area contributed by atoms with Crippen LogP contribution in [-0.4, -0.2) is 40.9 Å². The second-order valence-electron chi connectivity index (χ2n) is 5.84. The smallest absolute Gasteiger partial charge is 0.245 e. The second kappa shape index (κ2) is 7.35. The van der Waals surface area contributed by atoms with E-state index < -0.39 is 5.79 Å². The van der Waals surface area contributed by atoms with Crippen molar-refractivity contribution in [2.24, 2.45) is 5.10 Å². The van der Waals surface area contributed by atoms with Crippen molar-refractivity contribution in [2.75, 3.05) is 13.2 Å². The van der Waals surface area contributed by atoms with E-state index in [0.29, 0.717) is 23.9 Å². The summed E-state index contributed by atoms with van der Waals surface area (Å²) < 4.78 is 12.5. The van der Waals surface area contributed by atoms with E-state index in [1.165, 1.54) is 6.21 Å². The van der Waals surface area contributed by atoms with Crippen LogP contribution < -0.4 is 5.43 Å². The van der Waals surface area contributed by atoms with Crippen molar-refractivity contribution in [2.45, 2.75) is 26.1 Å². The summed E-state index contributed by atoms with van der Waals surface area (Å²) in [5.41, 5.74) is 4.83. The molecule has 1 N–H and O–H groups in total. The third-order valence-electron chi connectivity index (χ3n) is 3.88. The summed E-state index contributed by atoms with van der Waals surface area (Å²) in [6.07, 6.45) is 1.56. The molecule has 1 aliphatic rings. The molecule has 0 saturated carbocycles. The largest absolute Gasteiger partial charge is 0.347 e. The van der Waals surface area contributed by atoms with Crippen molar-refractivity contribution >= 4 is 23.7 Å². The number of hydrazone groups is 1. The zero-order chi connectivity index (χ0) is 17.9. The molecule has 0 aliphatic carbocycles. The molecular formula is C17H19ClN4O3. The Morgan fingerprint density at radius 3 is 2.76 bits per heavy atom. The van der Waals surface area contributed by atoms with Crippen LogP contribution in [0.15, 0.2) is 35.4 Å². The topological polar surface area (TPSA) is 77.7 Å². The molecule has 7 nitrogen and oxygen atoms in total. The number of carbonyl (C=O) groups excluding carboxylic acids is 1. The highest BCUT2D eigenvalue weighted by molar-refractivity contribution is 6.32. The van der Waals surface area contributed by atoms with Crippen LogP contribution >= 0.6 is 11.6 Å². The van der Waals surface area contributed by atoms with Gasteiger partial charge in [-0.15, -0.1) is 0 Å². The van der Waals surface area contributed by atoms with Gasteiger partial charge < -0.3 is 9.47 Å². The Bertz CT molecular complexity index is 783. The van der Waals surface area contributed by atoms with Crippen LogP contribution in [0.2, 0.25) is 5.15 Å². The van der Waals surface area contributed by atoms with Crippen LogP contribution in [0.1, 0.15) is 24.6 Å². The van der Waals surface area contributed by atoms with Crippen LogP contribution in [0.3, 0.4) is 0 Å². The highest BCUT2D eigenvalue weighted by Crippen LogP contribution is 2.22. The number of amides is 1. The Balaban J connectivity index is 1.67. The molecular weight excluding hydrogens is 344 g/mol. The van der Waals surface area contributed by atoms with Gasteiger partial charge in [-0.1, -0.05) is 29.8 Å². The Kier molecular flexibility index (Phi) is 5.17. The van der Waals surface area contributed by atoms with E-state index in [0.717, 1.165) is 11.4 Å². The number of aromatic nitrogens is 2. The second-order valence-corrected chi connectivity index (χ2v) is 6.20. The number of hydrogen-bond donors (Lipinski definition) is 1. The zero-order valence-corrected chi connectivity index (χ0v) is 14.8. The van der Waals surface area contributed by atoms with Crippen molar-refractivity contribution in [3.05, 3.63) is 46.7 Å². The molecule has 0 atom stereocenters. The van der Waals surface area contributed by atoms with Gasteiger partial charge in [0.15, 0.2) is 10.9 Å². The Labute approximate surface area is 150 Å². The van der Waals surface area contributed by atoms with Crippen molar-refractivity contribution in [1.29, 1.82) is 0 Å². The summed E-state index contributed by atoms with van der Waals surface area (Å²) in [7, 11) is 0. The average molecular weight is 363 g/mol. The summed E-state index contributed by atoms with van der Waals surface area (Å²) in [6.45, 7) is 4.59. The molecule has 0 bridgehead atoms. The van der Waals surface area contributed by atoms with Crippen LogP contribution in [-0.2, 0) is 14.3 Å². The fraction of sp³-hybridized carbons (Fsp3) is 0.353. The van der Waals surface area contributed by atoms with Gasteiger partial charge in [0.05, 0.1) is 42.8 Å². The Morgan fingerprint density at radius 1 is 1.40 bits per heavy atom. The predicted octanol–water partition coefficient (Wildman–Crippen LogP) is 2.44. The van der Waals surface area contributed by atoms with E-state index >= 15 is 0 Å². The zero-order valence-electron chi connectivity index (χ0n) is 14.0. The fourth-order valence-electron chi connectivity index (χ4n) is 2.61. The third-order valence-corrected chi connectivity index (χ3v) is 4.16.